The lowest BCUT2D eigenvalue weighted by Crippen LogP contribution is -1.91. The highest BCUT2D eigenvalue weighted by atomic mass is 16.6. The molecule has 0 aliphatic heterocycles. The first kappa shape index (κ1) is 7.21. The minimum Gasteiger partial charge on any atom is -0.274 e. The fourth-order valence-electron chi connectivity index (χ4n) is 0.673. The van der Waals surface area contributed by atoms with Gasteiger partial charge in [0.2, 0.25) is 0 Å². The predicted molar refractivity (Wildman–Crippen MR) is 34.6 cm³/mol. The van der Waals surface area contributed by atoms with Gasteiger partial charge in [-0.3, -0.25) is 15.2 Å². The van der Waals surface area contributed by atoms with E-state index in [2.05, 4.69) is 10.2 Å². The van der Waals surface area contributed by atoms with Gasteiger partial charge in [0.25, 0.3) is 0 Å². The van der Waals surface area contributed by atoms with Crippen molar-refractivity contribution >= 4 is 5.69 Å². The normalized spacial score (nSPS) is 9.00. The highest BCUT2D eigenvalue weighted by molar-refractivity contribution is 5.33. The molecule has 0 aromatic carbocycles. The number of nitro groups is 1. The lowest BCUT2D eigenvalue weighted by Gasteiger charge is -1.86. The molecule has 1 N–H and O–H groups in total. The van der Waals surface area contributed by atoms with E-state index in [4.69, 9.17) is 5.26 Å². The van der Waals surface area contributed by atoms with E-state index in [1.807, 2.05) is 0 Å². The zero-order valence-corrected chi connectivity index (χ0v) is 5.44. The van der Waals surface area contributed by atoms with Gasteiger partial charge in [-0.1, -0.05) is 0 Å². The van der Waals surface area contributed by atoms with E-state index < -0.39 is 4.92 Å². The Morgan fingerprint density at radius 1 is 1.91 bits per heavy atom. The molecule has 11 heavy (non-hydrogen) atoms. The summed E-state index contributed by atoms with van der Waals surface area (Å²) < 4.78 is 0. The number of nitrogens with one attached hydrogen (secondary N) is 1. The van der Waals surface area contributed by atoms with Gasteiger partial charge in [-0.15, -0.1) is 0 Å². The van der Waals surface area contributed by atoms with E-state index >= 15 is 0 Å². The maximum Gasteiger partial charge on any atom is 0.310 e. The summed E-state index contributed by atoms with van der Waals surface area (Å²) in [5.74, 6) is 0. The lowest BCUT2D eigenvalue weighted by molar-refractivity contribution is -0.385. The van der Waals surface area contributed by atoms with Crippen LogP contribution in [0.15, 0.2) is 6.20 Å². The van der Waals surface area contributed by atoms with Crippen LogP contribution in [-0.4, -0.2) is 15.1 Å². The van der Waals surface area contributed by atoms with E-state index in [1.165, 1.54) is 0 Å². The van der Waals surface area contributed by atoms with E-state index in [1.54, 1.807) is 6.07 Å². The van der Waals surface area contributed by atoms with Gasteiger partial charge >= 0.3 is 5.69 Å². The van der Waals surface area contributed by atoms with Gasteiger partial charge in [0.05, 0.1) is 17.4 Å². The van der Waals surface area contributed by atoms with Crippen LogP contribution < -0.4 is 0 Å². The van der Waals surface area contributed by atoms with Crippen LogP contribution in [0.25, 0.3) is 0 Å². The number of rotatable bonds is 2. The molecule has 1 aromatic heterocycles. The highest BCUT2D eigenvalue weighted by Crippen LogP contribution is 2.13. The second kappa shape index (κ2) is 2.79. The number of nitriles is 1. The van der Waals surface area contributed by atoms with Crippen LogP contribution in [0.4, 0.5) is 5.69 Å². The quantitative estimate of drug-likeness (QED) is 0.489. The van der Waals surface area contributed by atoms with E-state index in [0.717, 1.165) is 6.20 Å². The topological polar surface area (TPSA) is 95.6 Å². The van der Waals surface area contributed by atoms with Crippen LogP contribution >= 0.6 is 0 Å². The number of aromatic amines is 1. The SMILES string of the molecule is N#CCc1[nH]ncc1[N+](=O)[O-]. The molecule has 0 atom stereocenters. The van der Waals surface area contributed by atoms with Crippen molar-refractivity contribution in [2.45, 2.75) is 6.42 Å². The lowest BCUT2D eigenvalue weighted by atomic mass is 10.3. The zero-order valence-electron chi connectivity index (χ0n) is 5.44. The molecule has 0 unspecified atom stereocenters. The fourth-order valence-corrected chi connectivity index (χ4v) is 0.673. The number of aromatic nitrogens is 2. The highest BCUT2D eigenvalue weighted by Gasteiger charge is 2.14. The molecule has 0 spiro atoms. The molecule has 0 saturated heterocycles. The average Bonchev–Trinajstić information content (AvgIpc) is 2.36. The Balaban J connectivity index is 2.98. The summed E-state index contributed by atoms with van der Waals surface area (Å²) in [5, 5.41) is 24.2. The first-order chi connectivity index (χ1) is 5.25. The standard InChI is InChI=1S/C5H4N4O2/c6-2-1-4-5(9(10)11)3-7-8-4/h3H,1H2,(H,7,8). The molecular weight excluding hydrogens is 148 g/mol. The molecule has 1 heterocycles. The Kier molecular flexibility index (Phi) is 1.83. The maximum atomic E-state index is 10.2. The van der Waals surface area contributed by atoms with E-state index in [-0.39, 0.29) is 17.8 Å². The van der Waals surface area contributed by atoms with Crippen LogP contribution in [-0.2, 0) is 6.42 Å². The second-order valence-corrected chi connectivity index (χ2v) is 1.83. The van der Waals surface area contributed by atoms with Gasteiger partial charge < -0.3 is 0 Å². The molecule has 0 fully saturated rings. The minimum absolute atomic E-state index is 0.0175. The van der Waals surface area contributed by atoms with Crippen LogP contribution in [0, 0.1) is 21.4 Å². The fraction of sp³-hybridized carbons (Fsp3) is 0.200. The number of hydrogen-bond donors (Lipinski definition) is 1. The Morgan fingerprint density at radius 2 is 2.64 bits per heavy atom. The van der Waals surface area contributed by atoms with E-state index in [0.29, 0.717) is 0 Å². The molecule has 6 nitrogen and oxygen atoms in total. The van der Waals surface area contributed by atoms with Gasteiger partial charge in [-0.2, -0.15) is 10.4 Å². The molecular formula is C5H4N4O2. The maximum absolute atomic E-state index is 10.2. The smallest absolute Gasteiger partial charge is 0.274 e. The summed E-state index contributed by atoms with van der Waals surface area (Å²) in [6.07, 6.45) is 1.07. The summed E-state index contributed by atoms with van der Waals surface area (Å²) in [7, 11) is 0. The Morgan fingerprint density at radius 3 is 3.18 bits per heavy atom. The molecule has 0 radical (unpaired) electrons. The third kappa shape index (κ3) is 1.32. The zero-order chi connectivity index (χ0) is 8.27. The van der Waals surface area contributed by atoms with Crippen molar-refractivity contribution < 1.29 is 4.92 Å². The van der Waals surface area contributed by atoms with Crippen molar-refractivity contribution in [3.63, 3.8) is 0 Å². The van der Waals surface area contributed by atoms with Crippen molar-refractivity contribution in [3.05, 3.63) is 22.0 Å². The van der Waals surface area contributed by atoms with Crippen LogP contribution in [0.2, 0.25) is 0 Å². The molecule has 56 valence electrons. The van der Waals surface area contributed by atoms with Gasteiger partial charge in [0.1, 0.15) is 11.9 Å². The average molecular weight is 152 g/mol. The number of H-pyrrole nitrogens is 1. The minimum atomic E-state index is -0.573. The van der Waals surface area contributed by atoms with Crippen LogP contribution in [0.3, 0.4) is 0 Å². The van der Waals surface area contributed by atoms with Crippen LogP contribution in [0.5, 0.6) is 0 Å². The number of nitrogens with zero attached hydrogens (tertiary/aromatic N) is 3. The van der Waals surface area contributed by atoms with Crippen molar-refractivity contribution in [2.24, 2.45) is 0 Å². The Bertz CT molecular complexity index is 311. The van der Waals surface area contributed by atoms with E-state index in [9.17, 15) is 10.1 Å². The van der Waals surface area contributed by atoms with Gasteiger partial charge in [0, 0.05) is 0 Å². The predicted octanol–water partition coefficient (Wildman–Crippen LogP) is 0.384. The van der Waals surface area contributed by atoms with Crippen molar-refractivity contribution in [3.8, 4) is 6.07 Å². The molecule has 0 saturated carbocycles. The third-order valence-corrected chi connectivity index (χ3v) is 1.15. The Labute approximate surface area is 61.6 Å². The summed E-state index contributed by atoms with van der Waals surface area (Å²) in [5.41, 5.74) is 0.115. The Hall–Kier alpha value is -1.90. The van der Waals surface area contributed by atoms with Crippen molar-refractivity contribution in [1.82, 2.24) is 10.2 Å². The first-order valence-electron chi connectivity index (χ1n) is 2.79. The third-order valence-electron chi connectivity index (χ3n) is 1.15. The number of hydrogen-bond acceptors (Lipinski definition) is 4. The molecule has 0 amide bonds. The molecule has 1 aromatic rings. The molecule has 0 aliphatic rings. The molecule has 0 bridgehead atoms. The molecule has 6 heteroatoms. The van der Waals surface area contributed by atoms with Crippen molar-refractivity contribution in [1.29, 1.82) is 5.26 Å². The largest absolute Gasteiger partial charge is 0.310 e. The molecule has 0 aliphatic carbocycles. The molecule has 1 rings (SSSR count). The second-order valence-electron chi connectivity index (χ2n) is 1.83. The summed E-state index contributed by atoms with van der Waals surface area (Å²) >= 11 is 0. The summed E-state index contributed by atoms with van der Waals surface area (Å²) in [4.78, 5) is 9.62. The summed E-state index contributed by atoms with van der Waals surface area (Å²) in [6, 6.07) is 1.79. The van der Waals surface area contributed by atoms with Gasteiger partial charge in [-0.05, 0) is 0 Å². The van der Waals surface area contributed by atoms with Gasteiger partial charge in [0.15, 0.2) is 0 Å². The summed E-state index contributed by atoms with van der Waals surface area (Å²) in [6.45, 7) is 0. The first-order valence-corrected chi connectivity index (χ1v) is 2.79. The van der Waals surface area contributed by atoms with Crippen LogP contribution in [0.1, 0.15) is 5.69 Å². The van der Waals surface area contributed by atoms with Crippen molar-refractivity contribution in [2.75, 3.05) is 0 Å². The monoisotopic (exact) mass is 152 g/mol. The van der Waals surface area contributed by atoms with Gasteiger partial charge in [-0.25, -0.2) is 0 Å².